The first-order chi connectivity index (χ1) is 9.70. The molecule has 0 aliphatic heterocycles. The summed E-state index contributed by atoms with van der Waals surface area (Å²) in [6.07, 6.45) is 0.894. The summed E-state index contributed by atoms with van der Waals surface area (Å²) in [5.41, 5.74) is 9.44. The minimum absolute atomic E-state index is 0.517. The molecule has 0 aliphatic rings. The lowest BCUT2D eigenvalue weighted by atomic mass is 10.0. The van der Waals surface area contributed by atoms with Gasteiger partial charge in [0.05, 0.1) is 0 Å². The van der Waals surface area contributed by atoms with Gasteiger partial charge in [0, 0.05) is 0 Å². The van der Waals surface area contributed by atoms with Gasteiger partial charge in [-0.05, 0) is 47.7 Å². The third-order valence-corrected chi connectivity index (χ3v) is 3.45. The maximum Gasteiger partial charge on any atom is 0.120 e. The lowest BCUT2D eigenvalue weighted by Gasteiger charge is -2.12. The number of ether oxygens (including phenoxy) is 1. The number of hydrogen-bond donors (Lipinski definition) is 1. The molecular formula is C18H23NO. The second-order valence-corrected chi connectivity index (χ2v) is 5.32. The van der Waals surface area contributed by atoms with Gasteiger partial charge in [-0.2, -0.15) is 0 Å². The maximum absolute atomic E-state index is 5.93. The van der Waals surface area contributed by atoms with Crippen LogP contribution in [0.15, 0.2) is 48.5 Å². The number of benzene rings is 2. The average molecular weight is 269 g/mol. The van der Waals surface area contributed by atoms with Crippen molar-refractivity contribution in [2.24, 2.45) is 5.73 Å². The van der Waals surface area contributed by atoms with Crippen molar-refractivity contribution < 1.29 is 4.74 Å². The van der Waals surface area contributed by atoms with Gasteiger partial charge in [-0.1, -0.05) is 50.2 Å². The van der Waals surface area contributed by atoms with Crippen LogP contribution in [0.3, 0.4) is 0 Å². The molecule has 0 amide bonds. The SMILES string of the molecule is CC(C)c1cccc(OCc2ccccc2CCN)c1. The van der Waals surface area contributed by atoms with Gasteiger partial charge in [0.15, 0.2) is 0 Å². The summed E-state index contributed by atoms with van der Waals surface area (Å²) in [6, 6.07) is 16.6. The first-order valence-electron chi connectivity index (χ1n) is 7.20. The van der Waals surface area contributed by atoms with Gasteiger partial charge < -0.3 is 10.5 Å². The minimum Gasteiger partial charge on any atom is -0.489 e. The molecule has 0 bridgehead atoms. The Morgan fingerprint density at radius 1 is 1.00 bits per heavy atom. The van der Waals surface area contributed by atoms with Gasteiger partial charge in [0.2, 0.25) is 0 Å². The van der Waals surface area contributed by atoms with Gasteiger partial charge >= 0.3 is 0 Å². The van der Waals surface area contributed by atoms with Crippen LogP contribution in [0, 0.1) is 0 Å². The third kappa shape index (κ3) is 3.84. The zero-order valence-electron chi connectivity index (χ0n) is 12.3. The van der Waals surface area contributed by atoms with Crippen molar-refractivity contribution in [3.8, 4) is 5.75 Å². The highest BCUT2D eigenvalue weighted by Crippen LogP contribution is 2.21. The summed E-state index contributed by atoms with van der Waals surface area (Å²) in [5, 5.41) is 0. The number of hydrogen-bond acceptors (Lipinski definition) is 2. The average Bonchev–Trinajstić information content (AvgIpc) is 2.47. The van der Waals surface area contributed by atoms with Crippen LogP contribution in [0.25, 0.3) is 0 Å². The fourth-order valence-electron chi connectivity index (χ4n) is 2.22. The van der Waals surface area contributed by atoms with Crippen LogP contribution in [0.2, 0.25) is 0 Å². The molecule has 0 aliphatic carbocycles. The van der Waals surface area contributed by atoms with Crippen molar-refractivity contribution in [2.45, 2.75) is 32.8 Å². The molecule has 0 atom stereocenters. The third-order valence-electron chi connectivity index (χ3n) is 3.45. The van der Waals surface area contributed by atoms with E-state index < -0.39 is 0 Å². The van der Waals surface area contributed by atoms with E-state index in [2.05, 4.69) is 44.2 Å². The summed E-state index contributed by atoms with van der Waals surface area (Å²) < 4.78 is 5.93. The zero-order chi connectivity index (χ0) is 14.4. The molecule has 2 aromatic rings. The number of nitrogens with two attached hydrogens (primary N) is 1. The fourth-order valence-corrected chi connectivity index (χ4v) is 2.22. The Morgan fingerprint density at radius 2 is 1.75 bits per heavy atom. The molecule has 0 saturated carbocycles. The van der Waals surface area contributed by atoms with Gasteiger partial charge in [0.1, 0.15) is 12.4 Å². The molecule has 2 aromatic carbocycles. The van der Waals surface area contributed by atoms with E-state index in [0.29, 0.717) is 19.1 Å². The van der Waals surface area contributed by atoms with E-state index in [-0.39, 0.29) is 0 Å². The monoisotopic (exact) mass is 269 g/mol. The highest BCUT2D eigenvalue weighted by atomic mass is 16.5. The van der Waals surface area contributed by atoms with E-state index in [1.54, 1.807) is 0 Å². The quantitative estimate of drug-likeness (QED) is 0.863. The smallest absolute Gasteiger partial charge is 0.120 e. The van der Waals surface area contributed by atoms with Crippen LogP contribution < -0.4 is 10.5 Å². The summed E-state index contributed by atoms with van der Waals surface area (Å²) >= 11 is 0. The molecule has 0 radical (unpaired) electrons. The van der Waals surface area contributed by atoms with Crippen molar-refractivity contribution in [3.63, 3.8) is 0 Å². The summed E-state index contributed by atoms with van der Waals surface area (Å²) in [5.74, 6) is 1.45. The van der Waals surface area contributed by atoms with Crippen LogP contribution in [0.4, 0.5) is 0 Å². The van der Waals surface area contributed by atoms with Crippen molar-refractivity contribution in [1.82, 2.24) is 0 Å². The van der Waals surface area contributed by atoms with Crippen LogP contribution >= 0.6 is 0 Å². The Bertz CT molecular complexity index is 549. The minimum atomic E-state index is 0.517. The summed E-state index contributed by atoms with van der Waals surface area (Å²) in [6.45, 7) is 5.64. The first-order valence-corrected chi connectivity index (χ1v) is 7.20. The van der Waals surface area contributed by atoms with E-state index in [9.17, 15) is 0 Å². The second-order valence-electron chi connectivity index (χ2n) is 5.32. The zero-order valence-corrected chi connectivity index (χ0v) is 12.3. The van der Waals surface area contributed by atoms with Crippen molar-refractivity contribution in [3.05, 3.63) is 65.2 Å². The van der Waals surface area contributed by atoms with Gasteiger partial charge in [-0.25, -0.2) is 0 Å². The van der Waals surface area contributed by atoms with Crippen molar-refractivity contribution in [2.75, 3.05) is 6.54 Å². The highest BCUT2D eigenvalue weighted by molar-refractivity contribution is 5.32. The molecule has 0 unspecified atom stereocenters. The predicted molar refractivity (Wildman–Crippen MR) is 84.1 cm³/mol. The van der Waals surface area contributed by atoms with Gasteiger partial charge in [-0.3, -0.25) is 0 Å². The topological polar surface area (TPSA) is 35.2 Å². The molecule has 0 saturated heterocycles. The molecule has 2 N–H and O–H groups in total. The van der Waals surface area contributed by atoms with Crippen LogP contribution in [-0.4, -0.2) is 6.54 Å². The molecular weight excluding hydrogens is 246 g/mol. The van der Waals surface area contributed by atoms with E-state index in [1.807, 2.05) is 18.2 Å². The molecule has 0 aromatic heterocycles. The van der Waals surface area contributed by atoms with Crippen LogP contribution in [0.5, 0.6) is 5.75 Å². The Balaban J connectivity index is 2.07. The molecule has 106 valence electrons. The number of rotatable bonds is 6. The Morgan fingerprint density at radius 3 is 2.45 bits per heavy atom. The van der Waals surface area contributed by atoms with E-state index >= 15 is 0 Å². The van der Waals surface area contributed by atoms with Gasteiger partial charge in [-0.15, -0.1) is 0 Å². The lowest BCUT2D eigenvalue weighted by Crippen LogP contribution is -2.07. The molecule has 20 heavy (non-hydrogen) atoms. The molecule has 2 rings (SSSR count). The fraction of sp³-hybridized carbons (Fsp3) is 0.333. The molecule has 2 heteroatoms. The van der Waals surface area contributed by atoms with Crippen LogP contribution in [0.1, 0.15) is 36.5 Å². The standard InChI is InChI=1S/C18H23NO/c1-14(2)16-8-5-9-18(12-16)20-13-17-7-4-3-6-15(17)10-11-19/h3-9,12,14H,10-11,13,19H2,1-2H3. The molecule has 0 spiro atoms. The molecule has 2 nitrogen and oxygen atoms in total. The van der Waals surface area contributed by atoms with Crippen LogP contribution in [-0.2, 0) is 13.0 Å². The molecule has 0 fully saturated rings. The van der Waals surface area contributed by atoms with E-state index in [4.69, 9.17) is 10.5 Å². The second kappa shape index (κ2) is 7.11. The van der Waals surface area contributed by atoms with E-state index in [0.717, 1.165) is 12.2 Å². The predicted octanol–water partition coefficient (Wildman–Crippen LogP) is 3.89. The summed E-state index contributed by atoms with van der Waals surface area (Å²) in [7, 11) is 0. The molecule has 0 heterocycles. The Hall–Kier alpha value is -1.80. The largest absolute Gasteiger partial charge is 0.489 e. The van der Waals surface area contributed by atoms with Crippen molar-refractivity contribution in [1.29, 1.82) is 0 Å². The highest BCUT2D eigenvalue weighted by Gasteiger charge is 2.04. The van der Waals surface area contributed by atoms with Gasteiger partial charge in [0.25, 0.3) is 0 Å². The Labute approximate surface area is 121 Å². The van der Waals surface area contributed by atoms with E-state index in [1.165, 1.54) is 16.7 Å². The Kier molecular flexibility index (Phi) is 5.19. The van der Waals surface area contributed by atoms with Crippen molar-refractivity contribution >= 4 is 0 Å². The summed E-state index contributed by atoms with van der Waals surface area (Å²) in [4.78, 5) is 0. The normalized spacial score (nSPS) is 10.8. The maximum atomic E-state index is 5.93. The first kappa shape index (κ1) is 14.6. The lowest BCUT2D eigenvalue weighted by molar-refractivity contribution is 0.304.